The molecule has 0 unspecified atom stereocenters. The highest BCUT2D eigenvalue weighted by molar-refractivity contribution is 7.97. The molecule has 1 N–H and O–H groups in total. The van der Waals surface area contributed by atoms with Crippen LogP contribution >= 0.6 is 0 Å². The van der Waals surface area contributed by atoms with Gasteiger partial charge in [0.05, 0.1) is 6.26 Å². The molecule has 0 aliphatic carbocycles. The first-order chi connectivity index (χ1) is 8.95. The third-order valence-electron chi connectivity index (χ3n) is 3.35. The normalized spacial score (nSPS) is 21.4. The zero-order valence-corrected chi connectivity index (χ0v) is 14.4. The lowest BCUT2D eigenvalue weighted by Gasteiger charge is -2.01. The van der Waals surface area contributed by atoms with E-state index in [2.05, 4.69) is 0 Å². The molecule has 0 radical (unpaired) electrons. The number of rotatable bonds is 5. The van der Waals surface area contributed by atoms with Crippen LogP contribution in [0.5, 0.6) is 0 Å². The van der Waals surface area contributed by atoms with Gasteiger partial charge >= 0.3 is 0 Å². The van der Waals surface area contributed by atoms with Gasteiger partial charge in [0.1, 0.15) is 34.5 Å². The monoisotopic (exact) mass is 328 g/mol. The summed E-state index contributed by atoms with van der Waals surface area (Å²) < 4.78 is 25.9. The summed E-state index contributed by atoms with van der Waals surface area (Å²) in [5.74, 6) is 9.46. The highest BCUT2D eigenvalue weighted by atomic mass is 32.2. The van der Waals surface area contributed by atoms with Gasteiger partial charge in [-0.15, -0.1) is 0 Å². The predicted molar refractivity (Wildman–Crippen MR) is 89.1 cm³/mol. The van der Waals surface area contributed by atoms with Crippen LogP contribution in [0.3, 0.4) is 0 Å². The minimum Gasteiger partial charge on any atom is -0.286 e. The maximum Gasteiger partial charge on any atom is 0.261 e. The van der Waals surface area contributed by atoms with E-state index >= 15 is 0 Å². The zero-order valence-electron chi connectivity index (χ0n) is 12.0. The van der Waals surface area contributed by atoms with Crippen molar-refractivity contribution in [3.05, 3.63) is 0 Å². The molecule has 2 heterocycles. The molecule has 0 saturated carbocycles. The Morgan fingerprint density at radius 3 is 1.37 bits per heavy atom. The van der Waals surface area contributed by atoms with Crippen molar-refractivity contribution in [2.75, 3.05) is 40.8 Å². The van der Waals surface area contributed by atoms with Crippen molar-refractivity contribution in [1.82, 2.24) is 0 Å². The highest BCUT2D eigenvalue weighted by Crippen LogP contribution is 2.17. The fraction of sp³-hybridized carbons (Fsp3) is 1.00. The molecule has 2 aliphatic rings. The van der Waals surface area contributed by atoms with Crippen molar-refractivity contribution >= 4 is 31.9 Å². The second kappa shape index (κ2) is 9.53. The van der Waals surface area contributed by atoms with Crippen molar-refractivity contribution < 1.29 is 13.0 Å². The Bertz CT molecular complexity index is 292. The predicted octanol–water partition coefficient (Wildman–Crippen LogP) is 2.09. The smallest absolute Gasteiger partial charge is 0.261 e. The van der Waals surface area contributed by atoms with E-state index in [-0.39, 0.29) is 0 Å². The molecule has 0 aromatic rings. The topological polar surface area (TPSA) is 54.4 Å². The molecular weight excluding hydrogens is 300 g/mol. The first-order valence-electron chi connectivity index (χ1n) is 7.16. The standard InChI is InChI=1S/C12H24S2.CH4O3S/c1-2-8-13(7-1)11-5-6-12-14-9-3-4-10-14;1-5(2,3)4/h1-12H2;1H3,(H,2,3,4)/q+2;. The second-order valence-corrected chi connectivity index (χ2v) is 11.7. The van der Waals surface area contributed by atoms with E-state index in [1.165, 1.54) is 25.7 Å². The second-order valence-electron chi connectivity index (χ2n) is 5.30. The quantitative estimate of drug-likeness (QED) is 0.478. The van der Waals surface area contributed by atoms with E-state index < -0.39 is 10.1 Å². The van der Waals surface area contributed by atoms with Gasteiger partial charge in [-0.25, -0.2) is 0 Å². The first-order valence-corrected chi connectivity index (χ1v) is 12.5. The van der Waals surface area contributed by atoms with E-state index in [1.807, 2.05) is 0 Å². The van der Waals surface area contributed by atoms with E-state index in [4.69, 9.17) is 4.55 Å². The third kappa shape index (κ3) is 11.0. The molecule has 0 spiro atoms. The third-order valence-corrected chi connectivity index (χ3v) is 8.54. The summed E-state index contributed by atoms with van der Waals surface area (Å²) in [6, 6.07) is 0. The first kappa shape index (κ1) is 17.7. The fourth-order valence-electron chi connectivity index (χ4n) is 2.45. The van der Waals surface area contributed by atoms with Gasteiger partial charge in [-0.05, 0) is 60.3 Å². The average molecular weight is 329 g/mol. The maximum absolute atomic E-state index is 9.19. The van der Waals surface area contributed by atoms with Crippen molar-refractivity contribution in [2.24, 2.45) is 0 Å². The van der Waals surface area contributed by atoms with Crippen LogP contribution in [0.4, 0.5) is 0 Å². The van der Waals surface area contributed by atoms with Gasteiger partial charge in [0.25, 0.3) is 10.1 Å². The van der Waals surface area contributed by atoms with Crippen molar-refractivity contribution in [1.29, 1.82) is 0 Å². The molecule has 114 valence electrons. The minimum atomic E-state index is -3.67. The summed E-state index contributed by atoms with van der Waals surface area (Å²) in [6.07, 6.45) is 9.95. The van der Waals surface area contributed by atoms with Crippen LogP contribution in [-0.2, 0) is 31.9 Å². The van der Waals surface area contributed by atoms with Gasteiger partial charge in [0, 0.05) is 0 Å². The van der Waals surface area contributed by atoms with E-state index in [0.717, 1.165) is 21.8 Å². The number of hydrogen-bond donors (Lipinski definition) is 1. The number of hydrogen-bond acceptors (Lipinski definition) is 2. The minimum absolute atomic E-state index is 0.715. The van der Waals surface area contributed by atoms with Crippen LogP contribution in [0.1, 0.15) is 38.5 Å². The molecule has 0 atom stereocenters. The van der Waals surface area contributed by atoms with Crippen LogP contribution in [-0.4, -0.2) is 53.7 Å². The van der Waals surface area contributed by atoms with Crippen LogP contribution in [0.2, 0.25) is 0 Å². The van der Waals surface area contributed by atoms with Crippen LogP contribution in [0.15, 0.2) is 0 Å². The summed E-state index contributed by atoms with van der Waals surface area (Å²) >= 11 is 0. The molecule has 2 aliphatic heterocycles. The van der Waals surface area contributed by atoms with E-state index in [0.29, 0.717) is 6.26 Å². The molecule has 2 rings (SSSR count). The molecule has 0 bridgehead atoms. The maximum atomic E-state index is 9.19. The van der Waals surface area contributed by atoms with Crippen LogP contribution < -0.4 is 0 Å². The van der Waals surface area contributed by atoms with Crippen molar-refractivity contribution in [3.63, 3.8) is 0 Å². The Morgan fingerprint density at radius 2 is 1.11 bits per heavy atom. The molecular formula is C13H28O3S3+2. The Balaban J connectivity index is 0.000000312. The summed E-state index contributed by atoms with van der Waals surface area (Å²) in [6.45, 7) is 0. The van der Waals surface area contributed by atoms with Crippen LogP contribution in [0.25, 0.3) is 0 Å². The highest BCUT2D eigenvalue weighted by Gasteiger charge is 2.25. The molecule has 2 saturated heterocycles. The zero-order chi connectivity index (χ0) is 14.1. The number of unbranched alkanes of at least 4 members (excludes halogenated alkanes) is 1. The molecule has 0 aromatic heterocycles. The van der Waals surface area contributed by atoms with Crippen LogP contribution in [0, 0.1) is 0 Å². The Hall–Kier alpha value is 0.610. The average Bonchev–Trinajstić information content (AvgIpc) is 2.95. The fourth-order valence-corrected chi connectivity index (χ4v) is 7.35. The lowest BCUT2D eigenvalue weighted by molar-refractivity contribution is 0.490. The van der Waals surface area contributed by atoms with Gasteiger partial charge in [-0.1, -0.05) is 0 Å². The SMILES string of the molecule is C1CC[S+](CCCC[S+]2CCCC2)C1.CS(=O)(=O)O. The molecule has 0 aromatic carbocycles. The van der Waals surface area contributed by atoms with E-state index in [1.54, 1.807) is 47.4 Å². The van der Waals surface area contributed by atoms with Crippen molar-refractivity contribution in [2.45, 2.75) is 38.5 Å². The molecule has 6 heteroatoms. The largest absolute Gasteiger partial charge is 0.286 e. The van der Waals surface area contributed by atoms with E-state index in [9.17, 15) is 8.42 Å². The van der Waals surface area contributed by atoms with Gasteiger partial charge in [-0.3, -0.25) is 4.55 Å². The lowest BCUT2D eigenvalue weighted by atomic mass is 10.4. The molecule has 2 fully saturated rings. The Morgan fingerprint density at radius 1 is 0.842 bits per heavy atom. The molecule has 0 amide bonds. The van der Waals surface area contributed by atoms with Gasteiger partial charge in [0.15, 0.2) is 0 Å². The summed E-state index contributed by atoms with van der Waals surface area (Å²) in [7, 11) is -1.92. The summed E-state index contributed by atoms with van der Waals surface area (Å²) in [4.78, 5) is 0. The van der Waals surface area contributed by atoms with Crippen molar-refractivity contribution in [3.8, 4) is 0 Å². The Kier molecular flexibility index (Phi) is 8.86. The summed E-state index contributed by atoms with van der Waals surface area (Å²) in [5.41, 5.74) is 0. The summed E-state index contributed by atoms with van der Waals surface area (Å²) in [5, 5.41) is 0. The van der Waals surface area contributed by atoms with Gasteiger partial charge in [-0.2, -0.15) is 8.42 Å². The molecule has 19 heavy (non-hydrogen) atoms. The van der Waals surface area contributed by atoms with Gasteiger partial charge in [0.2, 0.25) is 0 Å². The van der Waals surface area contributed by atoms with Gasteiger partial charge < -0.3 is 0 Å². The molecule has 3 nitrogen and oxygen atoms in total. The Labute approximate surface area is 124 Å². The lowest BCUT2D eigenvalue weighted by Crippen LogP contribution is -2.12.